The van der Waals surface area contributed by atoms with Crippen molar-refractivity contribution in [3.05, 3.63) is 59.7 Å². The van der Waals surface area contributed by atoms with E-state index in [1.807, 2.05) is 48.5 Å². The Hall–Kier alpha value is -2.49. The van der Waals surface area contributed by atoms with Gasteiger partial charge in [-0.1, -0.05) is 24.3 Å². The molecule has 0 fully saturated rings. The summed E-state index contributed by atoms with van der Waals surface area (Å²) in [5, 5.41) is 0. The van der Waals surface area contributed by atoms with E-state index in [4.69, 9.17) is 9.47 Å². The van der Waals surface area contributed by atoms with E-state index in [0.29, 0.717) is 6.61 Å². The third kappa shape index (κ3) is 3.65. The Bertz CT molecular complexity index is 697. The van der Waals surface area contributed by atoms with E-state index in [9.17, 15) is 4.79 Å². The molecule has 1 unspecified atom stereocenters. The molecule has 1 amide bonds. The number of benzene rings is 2. The number of rotatable bonds is 4. The Kier molecular flexibility index (Phi) is 4.51. The van der Waals surface area contributed by atoms with Crippen molar-refractivity contribution in [1.29, 1.82) is 0 Å². The van der Waals surface area contributed by atoms with Crippen LogP contribution in [0.3, 0.4) is 0 Å². The highest BCUT2D eigenvalue weighted by molar-refractivity contribution is 5.94. The lowest BCUT2D eigenvalue weighted by molar-refractivity contribution is 0.0827. The fourth-order valence-corrected chi connectivity index (χ4v) is 2.65. The molecule has 0 saturated heterocycles. The average Bonchev–Trinajstić information content (AvgIpc) is 2.59. The van der Waals surface area contributed by atoms with Crippen molar-refractivity contribution >= 4 is 5.91 Å². The first-order valence-electron chi connectivity index (χ1n) is 7.82. The Balaban J connectivity index is 1.61. The van der Waals surface area contributed by atoms with E-state index in [1.165, 1.54) is 0 Å². The predicted octanol–water partition coefficient (Wildman–Crippen LogP) is 3.16. The molecule has 0 aliphatic carbocycles. The van der Waals surface area contributed by atoms with Crippen molar-refractivity contribution in [3.8, 4) is 11.5 Å². The normalized spacial score (nSPS) is 16.0. The molecule has 1 heterocycles. The zero-order valence-corrected chi connectivity index (χ0v) is 13.5. The number of nitrogens with zero attached hydrogens (tertiary/aromatic N) is 1. The minimum Gasteiger partial charge on any atom is -0.486 e. The summed E-state index contributed by atoms with van der Waals surface area (Å²) in [5.41, 5.74) is 1.86. The lowest BCUT2D eigenvalue weighted by Crippen LogP contribution is -2.29. The Morgan fingerprint density at radius 1 is 1.13 bits per heavy atom. The van der Waals surface area contributed by atoms with Gasteiger partial charge in [-0.15, -0.1) is 0 Å². The SMILES string of the molecule is CN(C)C(=O)c1cccc(CCC2COc3ccccc3O2)c1. The van der Waals surface area contributed by atoms with E-state index in [0.717, 1.165) is 35.5 Å². The van der Waals surface area contributed by atoms with Crippen molar-refractivity contribution in [2.24, 2.45) is 0 Å². The van der Waals surface area contributed by atoms with E-state index in [-0.39, 0.29) is 12.0 Å². The number of amides is 1. The van der Waals surface area contributed by atoms with Gasteiger partial charge < -0.3 is 14.4 Å². The van der Waals surface area contributed by atoms with Crippen LogP contribution in [0.1, 0.15) is 22.3 Å². The highest BCUT2D eigenvalue weighted by Gasteiger charge is 2.20. The zero-order chi connectivity index (χ0) is 16.2. The Morgan fingerprint density at radius 3 is 2.70 bits per heavy atom. The topological polar surface area (TPSA) is 38.8 Å². The number of aryl methyl sites for hydroxylation is 1. The molecule has 1 aliphatic rings. The van der Waals surface area contributed by atoms with Crippen molar-refractivity contribution < 1.29 is 14.3 Å². The summed E-state index contributed by atoms with van der Waals surface area (Å²) < 4.78 is 11.7. The van der Waals surface area contributed by atoms with Gasteiger partial charge in [-0.05, 0) is 42.7 Å². The molecule has 0 aromatic heterocycles. The van der Waals surface area contributed by atoms with Crippen molar-refractivity contribution in [2.75, 3.05) is 20.7 Å². The van der Waals surface area contributed by atoms with E-state index < -0.39 is 0 Å². The van der Waals surface area contributed by atoms with Crippen molar-refractivity contribution in [2.45, 2.75) is 18.9 Å². The van der Waals surface area contributed by atoms with Gasteiger partial charge in [-0.25, -0.2) is 0 Å². The third-order valence-electron chi connectivity index (χ3n) is 3.90. The van der Waals surface area contributed by atoms with Gasteiger partial charge in [0.15, 0.2) is 11.5 Å². The molecule has 23 heavy (non-hydrogen) atoms. The minimum absolute atomic E-state index is 0.0260. The first-order valence-corrected chi connectivity index (χ1v) is 7.82. The fraction of sp³-hybridized carbons (Fsp3) is 0.316. The van der Waals surface area contributed by atoms with Gasteiger partial charge in [-0.3, -0.25) is 4.79 Å². The van der Waals surface area contributed by atoms with Gasteiger partial charge in [-0.2, -0.15) is 0 Å². The summed E-state index contributed by atoms with van der Waals surface area (Å²) in [6, 6.07) is 15.5. The number of carbonyl (C=O) groups excluding carboxylic acids is 1. The molecule has 4 nitrogen and oxygen atoms in total. The molecule has 0 saturated carbocycles. The van der Waals surface area contributed by atoms with Crippen LogP contribution in [0, 0.1) is 0 Å². The maximum absolute atomic E-state index is 12.0. The highest BCUT2D eigenvalue weighted by atomic mass is 16.6. The molecule has 0 bridgehead atoms. The molecule has 1 aliphatic heterocycles. The number of hydrogen-bond acceptors (Lipinski definition) is 3. The molecule has 0 N–H and O–H groups in total. The monoisotopic (exact) mass is 311 g/mol. The molecular weight excluding hydrogens is 290 g/mol. The maximum atomic E-state index is 12.0. The summed E-state index contributed by atoms with van der Waals surface area (Å²) >= 11 is 0. The van der Waals surface area contributed by atoms with Crippen LogP contribution in [0.25, 0.3) is 0 Å². The second-order valence-electron chi connectivity index (χ2n) is 5.94. The maximum Gasteiger partial charge on any atom is 0.253 e. The van der Waals surface area contributed by atoms with E-state index in [1.54, 1.807) is 19.0 Å². The predicted molar refractivity (Wildman–Crippen MR) is 89.1 cm³/mol. The van der Waals surface area contributed by atoms with Crippen LogP contribution in [0.15, 0.2) is 48.5 Å². The number of para-hydroxylation sites is 2. The lowest BCUT2D eigenvalue weighted by Gasteiger charge is -2.26. The lowest BCUT2D eigenvalue weighted by atomic mass is 10.0. The number of hydrogen-bond donors (Lipinski definition) is 0. The standard InChI is InChI=1S/C19H21NO3/c1-20(2)19(21)15-7-5-6-14(12-15)10-11-16-13-22-17-8-3-4-9-18(17)23-16/h3-9,12,16H,10-11,13H2,1-2H3. The van der Waals surface area contributed by atoms with Crippen molar-refractivity contribution in [3.63, 3.8) is 0 Å². The third-order valence-corrected chi connectivity index (χ3v) is 3.90. The van der Waals surface area contributed by atoms with Gasteiger partial charge in [0.05, 0.1) is 0 Å². The summed E-state index contributed by atoms with van der Waals surface area (Å²) in [6.45, 7) is 0.563. The number of fused-ring (bicyclic) bond motifs is 1. The molecule has 2 aromatic rings. The molecule has 3 rings (SSSR count). The van der Waals surface area contributed by atoms with Crippen LogP contribution in [0.5, 0.6) is 11.5 Å². The van der Waals surface area contributed by atoms with Crippen molar-refractivity contribution in [1.82, 2.24) is 4.90 Å². The van der Waals surface area contributed by atoms with E-state index in [2.05, 4.69) is 0 Å². The number of ether oxygens (including phenoxy) is 2. The van der Waals surface area contributed by atoms with Crippen LogP contribution in [0.4, 0.5) is 0 Å². The van der Waals surface area contributed by atoms with Gasteiger partial charge in [0.1, 0.15) is 12.7 Å². The second kappa shape index (κ2) is 6.73. The van der Waals surface area contributed by atoms with Crippen LogP contribution in [0.2, 0.25) is 0 Å². The zero-order valence-electron chi connectivity index (χ0n) is 13.5. The van der Waals surface area contributed by atoms with Gasteiger partial charge >= 0.3 is 0 Å². The van der Waals surface area contributed by atoms with Gasteiger partial charge in [0, 0.05) is 19.7 Å². The smallest absolute Gasteiger partial charge is 0.253 e. The second-order valence-corrected chi connectivity index (χ2v) is 5.94. The van der Waals surface area contributed by atoms with E-state index >= 15 is 0 Å². The Labute approximate surface area is 136 Å². The van der Waals surface area contributed by atoms with Crippen LogP contribution in [-0.4, -0.2) is 37.6 Å². The largest absolute Gasteiger partial charge is 0.486 e. The van der Waals surface area contributed by atoms with Gasteiger partial charge in [0.2, 0.25) is 0 Å². The first kappa shape index (κ1) is 15.4. The summed E-state index contributed by atoms with van der Waals surface area (Å²) in [7, 11) is 3.53. The van der Waals surface area contributed by atoms with Gasteiger partial charge in [0.25, 0.3) is 5.91 Å². The molecule has 120 valence electrons. The average molecular weight is 311 g/mol. The summed E-state index contributed by atoms with van der Waals surface area (Å²) in [5.74, 6) is 1.64. The highest BCUT2D eigenvalue weighted by Crippen LogP contribution is 2.31. The molecule has 2 aromatic carbocycles. The molecular formula is C19H21NO3. The summed E-state index contributed by atoms with van der Waals surface area (Å²) in [4.78, 5) is 13.6. The van der Waals surface area contributed by atoms with Crippen LogP contribution in [-0.2, 0) is 6.42 Å². The van der Waals surface area contributed by atoms with Crippen LogP contribution >= 0.6 is 0 Å². The number of carbonyl (C=O) groups is 1. The molecule has 4 heteroatoms. The first-order chi connectivity index (χ1) is 11.1. The summed E-state index contributed by atoms with van der Waals surface area (Å²) in [6.07, 6.45) is 1.75. The quantitative estimate of drug-likeness (QED) is 0.870. The van der Waals surface area contributed by atoms with Crippen LogP contribution < -0.4 is 9.47 Å². The molecule has 0 spiro atoms. The fourth-order valence-electron chi connectivity index (χ4n) is 2.65. The Morgan fingerprint density at radius 2 is 1.91 bits per heavy atom. The minimum atomic E-state index is 0.0260. The molecule has 0 radical (unpaired) electrons. The molecule has 1 atom stereocenters.